The lowest BCUT2D eigenvalue weighted by molar-refractivity contribution is 0.294. The molecule has 2 nitrogen and oxygen atoms in total. The minimum Gasteiger partial charge on any atom is -0.313 e. The van der Waals surface area contributed by atoms with Crippen LogP contribution in [0.3, 0.4) is 0 Å². The Labute approximate surface area is 82.7 Å². The van der Waals surface area contributed by atoms with Crippen LogP contribution in [0.1, 0.15) is 39.0 Å². The van der Waals surface area contributed by atoms with Crippen molar-refractivity contribution >= 4 is 0 Å². The maximum Gasteiger partial charge on any atom is 0.0195 e. The maximum absolute atomic E-state index is 3.54. The Bertz CT molecular complexity index is 119. The van der Waals surface area contributed by atoms with E-state index < -0.39 is 0 Å². The summed E-state index contributed by atoms with van der Waals surface area (Å²) in [4.78, 5) is 2.47. The van der Waals surface area contributed by atoms with Gasteiger partial charge in [0.05, 0.1) is 0 Å². The second-order valence-electron chi connectivity index (χ2n) is 4.26. The van der Waals surface area contributed by atoms with Gasteiger partial charge >= 0.3 is 0 Å². The lowest BCUT2D eigenvalue weighted by Crippen LogP contribution is -2.35. The molecule has 1 rings (SSSR count). The van der Waals surface area contributed by atoms with Crippen LogP contribution in [0.25, 0.3) is 0 Å². The molecule has 0 saturated carbocycles. The lowest BCUT2D eigenvalue weighted by Gasteiger charge is -2.20. The van der Waals surface area contributed by atoms with Gasteiger partial charge in [-0.2, -0.15) is 0 Å². The Morgan fingerprint density at radius 3 is 2.85 bits per heavy atom. The number of nitrogens with one attached hydrogen (secondary N) is 1. The number of nitrogens with zero attached hydrogens (tertiary/aromatic N) is 1. The summed E-state index contributed by atoms with van der Waals surface area (Å²) in [7, 11) is 2.25. The van der Waals surface area contributed by atoms with E-state index in [0.717, 1.165) is 6.04 Å². The molecule has 13 heavy (non-hydrogen) atoms. The zero-order chi connectivity index (χ0) is 9.52. The van der Waals surface area contributed by atoms with E-state index in [4.69, 9.17) is 0 Å². The highest BCUT2D eigenvalue weighted by Gasteiger charge is 2.15. The highest BCUT2D eigenvalue weighted by molar-refractivity contribution is 4.76. The van der Waals surface area contributed by atoms with Crippen molar-refractivity contribution in [3.8, 4) is 0 Å². The molecular weight excluding hydrogens is 160 g/mol. The Balaban J connectivity index is 1.99. The van der Waals surface area contributed by atoms with Gasteiger partial charge in [0.2, 0.25) is 0 Å². The molecular formula is C11H24N2. The number of unbranched alkanes of at least 4 members (excludes halogenated alkanes) is 2. The smallest absolute Gasteiger partial charge is 0.0195 e. The molecule has 0 spiro atoms. The first kappa shape index (κ1) is 11.0. The highest BCUT2D eigenvalue weighted by atomic mass is 15.1. The fourth-order valence-corrected chi connectivity index (χ4v) is 2.01. The zero-order valence-electron chi connectivity index (χ0n) is 9.18. The Hall–Kier alpha value is -0.0800. The second-order valence-corrected chi connectivity index (χ2v) is 4.26. The van der Waals surface area contributed by atoms with Gasteiger partial charge in [0.25, 0.3) is 0 Å². The summed E-state index contributed by atoms with van der Waals surface area (Å²) >= 11 is 0. The quantitative estimate of drug-likeness (QED) is 0.634. The van der Waals surface area contributed by atoms with Crippen LogP contribution in [-0.2, 0) is 0 Å². The summed E-state index contributed by atoms with van der Waals surface area (Å²) in [5.41, 5.74) is 0. The minimum atomic E-state index is 0.770. The number of hydrogen-bond acceptors (Lipinski definition) is 2. The van der Waals surface area contributed by atoms with E-state index in [1.54, 1.807) is 0 Å². The van der Waals surface area contributed by atoms with Gasteiger partial charge in [-0.15, -0.1) is 0 Å². The molecule has 1 aliphatic rings. The molecule has 1 N–H and O–H groups in total. The van der Waals surface area contributed by atoms with Crippen molar-refractivity contribution < 1.29 is 0 Å². The summed E-state index contributed by atoms with van der Waals surface area (Å²) in [5, 5.41) is 3.54. The molecule has 1 atom stereocenters. The first-order valence-electron chi connectivity index (χ1n) is 5.75. The van der Waals surface area contributed by atoms with E-state index in [1.165, 1.54) is 51.7 Å². The molecule has 1 saturated heterocycles. The molecule has 78 valence electrons. The fraction of sp³-hybridized carbons (Fsp3) is 1.00. The summed E-state index contributed by atoms with van der Waals surface area (Å²) in [5.74, 6) is 0. The summed E-state index contributed by atoms with van der Waals surface area (Å²) in [6.07, 6.45) is 6.81. The van der Waals surface area contributed by atoms with Gasteiger partial charge in [-0.05, 0) is 39.4 Å². The highest BCUT2D eigenvalue weighted by Crippen LogP contribution is 2.06. The third kappa shape index (κ3) is 4.63. The normalized spacial score (nSPS) is 22.8. The summed E-state index contributed by atoms with van der Waals surface area (Å²) < 4.78 is 0. The molecule has 1 aliphatic heterocycles. The van der Waals surface area contributed by atoms with Crippen LogP contribution in [0, 0.1) is 0 Å². The Morgan fingerprint density at radius 1 is 1.38 bits per heavy atom. The predicted molar refractivity (Wildman–Crippen MR) is 58.0 cm³/mol. The Kier molecular flexibility index (Phi) is 5.40. The zero-order valence-corrected chi connectivity index (χ0v) is 9.18. The largest absolute Gasteiger partial charge is 0.313 e. The molecule has 0 aromatic heterocycles. The molecule has 0 amide bonds. The van der Waals surface area contributed by atoms with E-state index in [0.29, 0.717) is 0 Å². The number of likely N-dealkylation sites (N-methyl/N-ethyl adjacent to an activating group) is 1. The van der Waals surface area contributed by atoms with E-state index in [-0.39, 0.29) is 0 Å². The van der Waals surface area contributed by atoms with Crippen molar-refractivity contribution in [2.45, 2.75) is 45.1 Å². The SMILES string of the molecule is CCCCCN(C)C[C@H]1CCCN1. The first-order chi connectivity index (χ1) is 6.33. The second kappa shape index (κ2) is 6.39. The Morgan fingerprint density at radius 2 is 2.23 bits per heavy atom. The minimum absolute atomic E-state index is 0.770. The van der Waals surface area contributed by atoms with Gasteiger partial charge in [0, 0.05) is 12.6 Å². The standard InChI is InChI=1S/C11H24N2/c1-3-4-5-9-13(2)10-11-7-6-8-12-11/h11-12H,3-10H2,1-2H3/t11-/m1/s1. The average molecular weight is 184 g/mol. The van der Waals surface area contributed by atoms with E-state index in [2.05, 4.69) is 24.2 Å². The molecule has 1 heterocycles. The summed E-state index contributed by atoms with van der Waals surface area (Å²) in [6.45, 7) is 6.00. The maximum atomic E-state index is 3.54. The van der Waals surface area contributed by atoms with Crippen LogP contribution in [0.5, 0.6) is 0 Å². The van der Waals surface area contributed by atoms with Crippen LogP contribution >= 0.6 is 0 Å². The van der Waals surface area contributed by atoms with Gasteiger partial charge in [0.1, 0.15) is 0 Å². The average Bonchev–Trinajstić information content (AvgIpc) is 2.57. The molecule has 0 bridgehead atoms. The van der Waals surface area contributed by atoms with Crippen molar-refractivity contribution in [1.29, 1.82) is 0 Å². The van der Waals surface area contributed by atoms with E-state index in [9.17, 15) is 0 Å². The van der Waals surface area contributed by atoms with Gasteiger partial charge in [-0.25, -0.2) is 0 Å². The number of hydrogen-bond donors (Lipinski definition) is 1. The molecule has 0 aliphatic carbocycles. The molecule has 0 aromatic rings. The van der Waals surface area contributed by atoms with Crippen LogP contribution in [0.2, 0.25) is 0 Å². The molecule has 0 aromatic carbocycles. The van der Waals surface area contributed by atoms with E-state index in [1.807, 2.05) is 0 Å². The first-order valence-corrected chi connectivity index (χ1v) is 5.75. The van der Waals surface area contributed by atoms with Crippen molar-refractivity contribution in [3.63, 3.8) is 0 Å². The molecule has 0 radical (unpaired) electrons. The van der Waals surface area contributed by atoms with Crippen LogP contribution < -0.4 is 5.32 Å². The van der Waals surface area contributed by atoms with Crippen molar-refractivity contribution in [1.82, 2.24) is 10.2 Å². The molecule has 2 heteroatoms. The predicted octanol–water partition coefficient (Wildman–Crippen LogP) is 1.86. The third-order valence-corrected chi connectivity index (χ3v) is 2.84. The van der Waals surface area contributed by atoms with E-state index >= 15 is 0 Å². The summed E-state index contributed by atoms with van der Waals surface area (Å²) in [6, 6.07) is 0.770. The van der Waals surface area contributed by atoms with Gasteiger partial charge in [-0.3, -0.25) is 0 Å². The molecule has 1 fully saturated rings. The monoisotopic (exact) mass is 184 g/mol. The third-order valence-electron chi connectivity index (χ3n) is 2.84. The molecule has 0 unspecified atom stereocenters. The van der Waals surface area contributed by atoms with Gasteiger partial charge in [-0.1, -0.05) is 19.8 Å². The van der Waals surface area contributed by atoms with Gasteiger partial charge < -0.3 is 10.2 Å². The van der Waals surface area contributed by atoms with Gasteiger partial charge in [0.15, 0.2) is 0 Å². The van der Waals surface area contributed by atoms with Crippen LogP contribution in [0.15, 0.2) is 0 Å². The van der Waals surface area contributed by atoms with Crippen molar-refractivity contribution in [3.05, 3.63) is 0 Å². The topological polar surface area (TPSA) is 15.3 Å². The fourth-order valence-electron chi connectivity index (χ4n) is 2.01. The van der Waals surface area contributed by atoms with Crippen molar-refractivity contribution in [2.75, 3.05) is 26.7 Å². The van der Waals surface area contributed by atoms with Crippen LogP contribution in [-0.4, -0.2) is 37.6 Å². The number of rotatable bonds is 6. The lowest BCUT2D eigenvalue weighted by atomic mass is 10.2. The van der Waals surface area contributed by atoms with Crippen molar-refractivity contribution in [2.24, 2.45) is 0 Å². The van der Waals surface area contributed by atoms with Crippen LogP contribution in [0.4, 0.5) is 0 Å².